The Labute approximate surface area is 117 Å². The third kappa shape index (κ3) is 1.54. The molecule has 1 aliphatic rings. The molecule has 1 N–H and O–H groups in total. The zero-order valence-electron chi connectivity index (χ0n) is 11.3. The first-order valence-electron chi connectivity index (χ1n) is 6.94. The fourth-order valence-electron chi connectivity index (χ4n) is 3.12. The molecule has 1 aromatic heterocycles. The number of aromatic nitrogens is 1. The molecule has 1 unspecified atom stereocenters. The van der Waals surface area contributed by atoms with Crippen LogP contribution >= 0.6 is 0 Å². The monoisotopic (exact) mass is 261 g/mol. The molecule has 98 valence electrons. The summed E-state index contributed by atoms with van der Waals surface area (Å²) in [6.45, 7) is 2.06. The first-order valence-corrected chi connectivity index (χ1v) is 6.94. The zero-order chi connectivity index (χ0) is 13.7. The number of carbonyl (C=O) groups excluding carboxylic acids is 1. The topological polar surface area (TPSA) is 32.9 Å². The number of hydrogen-bond donors (Lipinski definition) is 1. The molecule has 0 saturated heterocycles. The molecule has 2 heteroatoms. The molecule has 0 radical (unpaired) electrons. The maximum atomic E-state index is 12.7. The molecule has 0 saturated carbocycles. The number of aryl methyl sites for hydroxylation is 1. The second kappa shape index (κ2) is 4.07. The quantitative estimate of drug-likeness (QED) is 0.695. The van der Waals surface area contributed by atoms with E-state index in [2.05, 4.69) is 36.2 Å². The summed E-state index contributed by atoms with van der Waals surface area (Å²) in [7, 11) is 0. The van der Waals surface area contributed by atoms with E-state index >= 15 is 0 Å². The average molecular weight is 261 g/mol. The van der Waals surface area contributed by atoms with Gasteiger partial charge in [-0.05, 0) is 36.1 Å². The predicted octanol–water partition coefficient (Wildman–Crippen LogP) is 4.00. The second-order valence-electron chi connectivity index (χ2n) is 5.57. The first-order chi connectivity index (χ1) is 9.74. The van der Waals surface area contributed by atoms with E-state index in [0.29, 0.717) is 0 Å². The van der Waals surface area contributed by atoms with Gasteiger partial charge < -0.3 is 4.98 Å². The van der Waals surface area contributed by atoms with Crippen LogP contribution in [0, 0.1) is 6.92 Å². The lowest BCUT2D eigenvalue weighted by molar-refractivity contribution is 0.0950. The zero-order valence-corrected chi connectivity index (χ0v) is 11.3. The van der Waals surface area contributed by atoms with Gasteiger partial charge >= 0.3 is 0 Å². The molecular weight excluding hydrogens is 246 g/mol. The summed E-state index contributed by atoms with van der Waals surface area (Å²) in [5, 5.41) is 1.03. The maximum Gasteiger partial charge on any atom is 0.172 e. The van der Waals surface area contributed by atoms with E-state index in [9.17, 15) is 4.79 Å². The van der Waals surface area contributed by atoms with E-state index in [1.807, 2.05) is 24.4 Å². The van der Waals surface area contributed by atoms with Crippen molar-refractivity contribution in [3.05, 3.63) is 70.9 Å². The minimum atomic E-state index is 0.0338. The van der Waals surface area contributed by atoms with Crippen LogP contribution in [-0.2, 0) is 6.42 Å². The van der Waals surface area contributed by atoms with Crippen molar-refractivity contribution in [1.29, 1.82) is 0 Å². The molecule has 0 fully saturated rings. The van der Waals surface area contributed by atoms with Crippen molar-refractivity contribution >= 4 is 16.7 Å². The standard InChI is InChI=1S/C18H15NO/c1-11-6-7-14-16(10-19-17(14)8-11)18(20)15-9-12-4-2-3-5-13(12)15/h2-8,10,15,19H,9H2,1H3. The van der Waals surface area contributed by atoms with Crippen LogP contribution in [0.25, 0.3) is 10.9 Å². The van der Waals surface area contributed by atoms with Crippen LogP contribution in [0.4, 0.5) is 0 Å². The van der Waals surface area contributed by atoms with Crippen molar-refractivity contribution in [2.45, 2.75) is 19.3 Å². The fourth-order valence-corrected chi connectivity index (χ4v) is 3.12. The molecule has 4 rings (SSSR count). The van der Waals surface area contributed by atoms with Crippen LogP contribution < -0.4 is 0 Å². The molecule has 1 aliphatic carbocycles. The predicted molar refractivity (Wildman–Crippen MR) is 80.3 cm³/mol. The highest BCUT2D eigenvalue weighted by Gasteiger charge is 2.33. The van der Waals surface area contributed by atoms with Gasteiger partial charge in [0, 0.05) is 22.7 Å². The molecule has 0 aliphatic heterocycles. The Kier molecular flexibility index (Phi) is 2.34. The minimum absolute atomic E-state index is 0.0338. The lowest BCUT2D eigenvalue weighted by atomic mass is 9.74. The smallest absolute Gasteiger partial charge is 0.172 e. The van der Waals surface area contributed by atoms with Gasteiger partial charge in [-0.25, -0.2) is 0 Å². The van der Waals surface area contributed by atoms with E-state index in [4.69, 9.17) is 0 Å². The van der Waals surface area contributed by atoms with Gasteiger partial charge in [-0.3, -0.25) is 4.79 Å². The summed E-state index contributed by atoms with van der Waals surface area (Å²) in [6, 6.07) is 14.4. The molecule has 20 heavy (non-hydrogen) atoms. The number of ketones is 1. The minimum Gasteiger partial charge on any atom is -0.360 e. The van der Waals surface area contributed by atoms with Crippen molar-refractivity contribution < 1.29 is 4.79 Å². The van der Waals surface area contributed by atoms with Crippen LogP contribution in [-0.4, -0.2) is 10.8 Å². The molecule has 1 heterocycles. The van der Waals surface area contributed by atoms with Gasteiger partial charge in [-0.1, -0.05) is 36.4 Å². The van der Waals surface area contributed by atoms with E-state index in [0.717, 1.165) is 22.9 Å². The normalized spacial score (nSPS) is 16.8. The highest BCUT2D eigenvalue weighted by atomic mass is 16.1. The summed E-state index contributed by atoms with van der Waals surface area (Å²) in [5.74, 6) is 0.269. The van der Waals surface area contributed by atoms with Crippen LogP contribution in [0.2, 0.25) is 0 Å². The summed E-state index contributed by atoms with van der Waals surface area (Å²) in [4.78, 5) is 15.9. The van der Waals surface area contributed by atoms with Gasteiger partial charge in [0.1, 0.15) is 0 Å². The van der Waals surface area contributed by atoms with Gasteiger partial charge in [0.2, 0.25) is 0 Å². The third-order valence-corrected chi connectivity index (χ3v) is 4.27. The van der Waals surface area contributed by atoms with E-state index in [1.165, 1.54) is 16.7 Å². The highest BCUT2D eigenvalue weighted by Crippen LogP contribution is 2.38. The molecule has 2 nitrogen and oxygen atoms in total. The van der Waals surface area contributed by atoms with Gasteiger partial charge in [0.25, 0.3) is 0 Å². The van der Waals surface area contributed by atoms with Crippen molar-refractivity contribution in [1.82, 2.24) is 4.98 Å². The van der Waals surface area contributed by atoms with Crippen LogP contribution in [0.1, 0.15) is 33.0 Å². The van der Waals surface area contributed by atoms with E-state index in [1.54, 1.807) is 0 Å². The van der Waals surface area contributed by atoms with Crippen molar-refractivity contribution in [3.63, 3.8) is 0 Å². The molecule has 0 bridgehead atoms. The van der Waals surface area contributed by atoms with Crippen molar-refractivity contribution in [2.75, 3.05) is 0 Å². The Morgan fingerprint density at radius 3 is 2.90 bits per heavy atom. The molecule has 2 aromatic carbocycles. The van der Waals surface area contributed by atoms with Gasteiger partial charge in [0.05, 0.1) is 5.92 Å². The number of rotatable bonds is 2. The van der Waals surface area contributed by atoms with Crippen molar-refractivity contribution in [3.8, 4) is 0 Å². The molecule has 1 atom stereocenters. The molecule has 0 spiro atoms. The third-order valence-electron chi connectivity index (χ3n) is 4.27. The number of Topliss-reactive ketones (excluding diaryl/α,β-unsaturated/α-hetero) is 1. The summed E-state index contributed by atoms with van der Waals surface area (Å²) in [6.07, 6.45) is 2.72. The number of H-pyrrole nitrogens is 1. The first kappa shape index (κ1) is 11.5. The van der Waals surface area contributed by atoms with E-state index < -0.39 is 0 Å². The number of benzene rings is 2. The van der Waals surface area contributed by atoms with Crippen molar-refractivity contribution in [2.24, 2.45) is 0 Å². The van der Waals surface area contributed by atoms with Crippen LogP contribution in [0.3, 0.4) is 0 Å². The molecule has 0 amide bonds. The van der Waals surface area contributed by atoms with E-state index in [-0.39, 0.29) is 11.7 Å². The van der Waals surface area contributed by atoms with Crippen LogP contribution in [0.15, 0.2) is 48.7 Å². The average Bonchev–Trinajstić information content (AvgIpc) is 2.83. The largest absolute Gasteiger partial charge is 0.360 e. The fraction of sp³-hybridized carbons (Fsp3) is 0.167. The van der Waals surface area contributed by atoms with Gasteiger partial charge in [-0.2, -0.15) is 0 Å². The van der Waals surface area contributed by atoms with Gasteiger partial charge in [0.15, 0.2) is 5.78 Å². The van der Waals surface area contributed by atoms with Crippen LogP contribution in [0.5, 0.6) is 0 Å². The molecule has 3 aromatic rings. The lowest BCUT2D eigenvalue weighted by Crippen LogP contribution is -2.25. The SMILES string of the molecule is Cc1ccc2c(C(=O)C3Cc4ccccc43)c[nH]c2c1. The molecular formula is C18H15NO. The summed E-state index contributed by atoms with van der Waals surface area (Å²) in [5.41, 5.74) is 5.56. The second-order valence-corrected chi connectivity index (χ2v) is 5.57. The number of nitrogens with one attached hydrogen (secondary N) is 1. The summed E-state index contributed by atoms with van der Waals surface area (Å²) >= 11 is 0. The Balaban J connectivity index is 1.76. The maximum absolute atomic E-state index is 12.7. The summed E-state index contributed by atoms with van der Waals surface area (Å²) < 4.78 is 0. The number of fused-ring (bicyclic) bond motifs is 2. The Bertz CT molecular complexity index is 828. The van der Waals surface area contributed by atoms with Gasteiger partial charge in [-0.15, -0.1) is 0 Å². The number of carbonyl (C=O) groups is 1. The Hall–Kier alpha value is -2.35. The Morgan fingerprint density at radius 2 is 2.05 bits per heavy atom. The number of aromatic amines is 1. The number of hydrogen-bond acceptors (Lipinski definition) is 1. The lowest BCUT2D eigenvalue weighted by Gasteiger charge is -2.28. The Morgan fingerprint density at radius 1 is 1.20 bits per heavy atom. The highest BCUT2D eigenvalue weighted by molar-refractivity contribution is 6.11.